The van der Waals surface area contributed by atoms with Crippen LogP contribution < -0.4 is 5.73 Å². The SMILES string of the molecule is Cc1ccc(C(N)CCN(C)C(=O)OC(C)(C)C)nc1. The lowest BCUT2D eigenvalue weighted by Crippen LogP contribution is -2.35. The number of hydrogen-bond acceptors (Lipinski definition) is 4. The van der Waals surface area contributed by atoms with Crippen molar-refractivity contribution in [2.24, 2.45) is 5.73 Å². The van der Waals surface area contributed by atoms with Crippen LogP contribution in [0.5, 0.6) is 0 Å². The minimum Gasteiger partial charge on any atom is -0.444 e. The van der Waals surface area contributed by atoms with E-state index in [4.69, 9.17) is 10.5 Å². The van der Waals surface area contributed by atoms with Gasteiger partial charge in [-0.3, -0.25) is 4.98 Å². The minimum absolute atomic E-state index is 0.180. The third kappa shape index (κ3) is 5.57. The molecule has 0 aliphatic rings. The Morgan fingerprint density at radius 1 is 1.45 bits per heavy atom. The molecule has 20 heavy (non-hydrogen) atoms. The average Bonchev–Trinajstić information content (AvgIpc) is 2.34. The molecule has 1 aromatic rings. The predicted octanol–water partition coefficient (Wildman–Crippen LogP) is 2.65. The first-order valence-electron chi connectivity index (χ1n) is 6.81. The van der Waals surface area contributed by atoms with Crippen molar-refractivity contribution in [2.45, 2.75) is 45.8 Å². The summed E-state index contributed by atoms with van der Waals surface area (Å²) in [6.45, 7) is 8.06. The standard InChI is InChI=1S/C15H25N3O2/c1-11-6-7-13(17-10-11)12(16)8-9-18(5)14(19)20-15(2,3)4/h6-7,10,12H,8-9,16H2,1-5H3. The number of aryl methyl sites for hydroxylation is 1. The van der Waals surface area contributed by atoms with Crippen molar-refractivity contribution in [3.63, 3.8) is 0 Å². The molecule has 2 N–H and O–H groups in total. The Balaban J connectivity index is 2.46. The molecule has 1 atom stereocenters. The highest BCUT2D eigenvalue weighted by molar-refractivity contribution is 5.67. The van der Waals surface area contributed by atoms with Crippen molar-refractivity contribution in [1.29, 1.82) is 0 Å². The Bertz CT molecular complexity index is 437. The van der Waals surface area contributed by atoms with Crippen LogP contribution in [-0.2, 0) is 4.74 Å². The lowest BCUT2D eigenvalue weighted by Gasteiger charge is -2.25. The van der Waals surface area contributed by atoms with Crippen LogP contribution in [0.2, 0.25) is 0 Å². The summed E-state index contributed by atoms with van der Waals surface area (Å²) >= 11 is 0. The van der Waals surface area contributed by atoms with E-state index in [1.165, 1.54) is 0 Å². The molecule has 5 nitrogen and oxygen atoms in total. The molecule has 112 valence electrons. The second-order valence-corrected chi connectivity index (χ2v) is 6.06. The molecule has 0 radical (unpaired) electrons. The lowest BCUT2D eigenvalue weighted by molar-refractivity contribution is 0.0294. The summed E-state index contributed by atoms with van der Waals surface area (Å²) in [4.78, 5) is 17.6. The first-order chi connectivity index (χ1) is 9.19. The molecule has 0 saturated carbocycles. The van der Waals surface area contributed by atoms with Crippen LogP contribution in [0.1, 0.15) is 44.5 Å². The van der Waals surface area contributed by atoms with E-state index < -0.39 is 5.60 Å². The quantitative estimate of drug-likeness (QED) is 0.920. The first-order valence-corrected chi connectivity index (χ1v) is 6.81. The number of nitrogens with zero attached hydrogens (tertiary/aromatic N) is 2. The zero-order valence-corrected chi connectivity index (χ0v) is 13.0. The summed E-state index contributed by atoms with van der Waals surface area (Å²) in [7, 11) is 1.71. The van der Waals surface area contributed by atoms with Gasteiger partial charge < -0.3 is 15.4 Å². The van der Waals surface area contributed by atoms with Crippen LogP contribution in [0.15, 0.2) is 18.3 Å². The van der Waals surface area contributed by atoms with Gasteiger partial charge in [-0.25, -0.2) is 4.79 Å². The molecule has 0 fully saturated rings. The van der Waals surface area contributed by atoms with Crippen molar-refractivity contribution >= 4 is 6.09 Å². The predicted molar refractivity (Wildman–Crippen MR) is 79.4 cm³/mol. The Morgan fingerprint density at radius 2 is 2.10 bits per heavy atom. The van der Waals surface area contributed by atoms with E-state index in [0.29, 0.717) is 13.0 Å². The molecule has 1 unspecified atom stereocenters. The zero-order valence-electron chi connectivity index (χ0n) is 13.0. The number of amides is 1. The maximum absolute atomic E-state index is 11.8. The van der Waals surface area contributed by atoms with Crippen LogP contribution in [0.4, 0.5) is 4.79 Å². The van der Waals surface area contributed by atoms with E-state index in [2.05, 4.69) is 4.98 Å². The Kier molecular flexibility index (Phi) is 5.51. The molecular formula is C15H25N3O2. The highest BCUT2D eigenvalue weighted by atomic mass is 16.6. The second-order valence-electron chi connectivity index (χ2n) is 6.06. The van der Waals surface area contributed by atoms with Gasteiger partial charge in [0.15, 0.2) is 0 Å². The molecular weight excluding hydrogens is 254 g/mol. The number of carbonyl (C=O) groups is 1. The van der Waals surface area contributed by atoms with Crippen LogP contribution in [0.3, 0.4) is 0 Å². The molecule has 1 aromatic heterocycles. The summed E-state index contributed by atoms with van der Waals surface area (Å²) in [5.74, 6) is 0. The molecule has 1 amide bonds. The van der Waals surface area contributed by atoms with Crippen molar-refractivity contribution < 1.29 is 9.53 Å². The Hall–Kier alpha value is -1.62. The number of rotatable bonds is 4. The second kappa shape index (κ2) is 6.70. The number of pyridine rings is 1. The lowest BCUT2D eigenvalue weighted by atomic mass is 10.1. The fourth-order valence-electron chi connectivity index (χ4n) is 1.61. The summed E-state index contributed by atoms with van der Waals surface area (Å²) < 4.78 is 5.28. The van der Waals surface area contributed by atoms with E-state index in [1.807, 2.05) is 39.8 Å². The normalized spacial score (nSPS) is 12.9. The number of hydrogen-bond donors (Lipinski definition) is 1. The van der Waals surface area contributed by atoms with E-state index in [-0.39, 0.29) is 12.1 Å². The number of aromatic nitrogens is 1. The van der Waals surface area contributed by atoms with Gasteiger partial charge in [0.2, 0.25) is 0 Å². The molecule has 0 saturated heterocycles. The summed E-state index contributed by atoms with van der Waals surface area (Å²) in [6, 6.07) is 3.73. The van der Waals surface area contributed by atoms with Gasteiger partial charge in [-0.05, 0) is 45.7 Å². The Morgan fingerprint density at radius 3 is 2.60 bits per heavy atom. The maximum atomic E-state index is 11.8. The van der Waals surface area contributed by atoms with Crippen molar-refractivity contribution in [1.82, 2.24) is 9.88 Å². The van der Waals surface area contributed by atoms with Crippen LogP contribution in [0, 0.1) is 6.92 Å². The average molecular weight is 279 g/mol. The van der Waals surface area contributed by atoms with Gasteiger partial charge in [0.1, 0.15) is 5.60 Å². The van der Waals surface area contributed by atoms with Gasteiger partial charge in [-0.15, -0.1) is 0 Å². The highest BCUT2D eigenvalue weighted by Gasteiger charge is 2.20. The number of ether oxygens (including phenoxy) is 1. The first kappa shape index (κ1) is 16.4. The van der Waals surface area contributed by atoms with Crippen molar-refractivity contribution in [3.8, 4) is 0 Å². The van der Waals surface area contributed by atoms with E-state index >= 15 is 0 Å². The molecule has 0 aliphatic heterocycles. The molecule has 0 bridgehead atoms. The van der Waals surface area contributed by atoms with Crippen LogP contribution in [-0.4, -0.2) is 35.2 Å². The molecule has 1 rings (SSSR count). The van der Waals surface area contributed by atoms with Gasteiger partial charge in [0, 0.05) is 25.8 Å². The maximum Gasteiger partial charge on any atom is 0.410 e. The molecule has 5 heteroatoms. The van der Waals surface area contributed by atoms with E-state index in [9.17, 15) is 4.79 Å². The van der Waals surface area contributed by atoms with Gasteiger partial charge in [0.05, 0.1) is 5.69 Å². The van der Waals surface area contributed by atoms with Crippen LogP contribution >= 0.6 is 0 Å². The summed E-state index contributed by atoms with van der Waals surface area (Å²) in [5, 5.41) is 0. The third-order valence-corrected chi connectivity index (χ3v) is 2.79. The summed E-state index contributed by atoms with van der Waals surface area (Å²) in [5.41, 5.74) is 7.54. The largest absolute Gasteiger partial charge is 0.444 e. The fraction of sp³-hybridized carbons (Fsp3) is 0.600. The van der Waals surface area contributed by atoms with Gasteiger partial charge in [-0.2, -0.15) is 0 Å². The molecule has 1 heterocycles. The topological polar surface area (TPSA) is 68.5 Å². The minimum atomic E-state index is -0.480. The van der Waals surface area contributed by atoms with Crippen LogP contribution in [0.25, 0.3) is 0 Å². The number of carbonyl (C=O) groups excluding carboxylic acids is 1. The highest BCUT2D eigenvalue weighted by Crippen LogP contribution is 2.14. The van der Waals surface area contributed by atoms with Crippen molar-refractivity contribution in [3.05, 3.63) is 29.6 Å². The van der Waals surface area contributed by atoms with Gasteiger partial charge in [-0.1, -0.05) is 6.07 Å². The molecule has 0 aromatic carbocycles. The van der Waals surface area contributed by atoms with Crippen molar-refractivity contribution in [2.75, 3.05) is 13.6 Å². The van der Waals surface area contributed by atoms with Gasteiger partial charge >= 0.3 is 6.09 Å². The fourth-order valence-corrected chi connectivity index (χ4v) is 1.61. The summed E-state index contributed by atoms with van der Waals surface area (Å²) in [6.07, 6.45) is 2.11. The smallest absolute Gasteiger partial charge is 0.410 e. The van der Waals surface area contributed by atoms with E-state index in [0.717, 1.165) is 11.3 Å². The molecule has 0 aliphatic carbocycles. The Labute approximate surface area is 121 Å². The van der Waals surface area contributed by atoms with Gasteiger partial charge in [0.25, 0.3) is 0 Å². The monoisotopic (exact) mass is 279 g/mol. The molecule has 0 spiro atoms. The zero-order chi connectivity index (χ0) is 15.3. The number of nitrogens with two attached hydrogens (primary N) is 1. The van der Waals surface area contributed by atoms with E-state index in [1.54, 1.807) is 18.1 Å². The third-order valence-electron chi connectivity index (χ3n) is 2.79.